The van der Waals surface area contributed by atoms with Crippen LogP contribution in [-0.2, 0) is 65.7 Å². The summed E-state index contributed by atoms with van der Waals surface area (Å²) in [5, 5.41) is 23.5. The molecule has 0 unspecified atom stereocenters. The monoisotopic (exact) mass is 894 g/mol. The predicted molar refractivity (Wildman–Crippen MR) is 249 cm³/mol. The number of carbonyl (C=O) groups is 6. The average molecular weight is 895 g/mol. The van der Waals surface area contributed by atoms with Gasteiger partial charge in [0.15, 0.2) is 0 Å². The van der Waals surface area contributed by atoms with Crippen LogP contribution in [0.1, 0.15) is 47.1 Å². The van der Waals surface area contributed by atoms with E-state index in [0.29, 0.717) is 56.5 Å². The highest BCUT2D eigenvalue weighted by atomic mass is 16.5. The fourth-order valence-electron chi connectivity index (χ4n) is 8.31. The quantitative estimate of drug-likeness (QED) is 0.115. The Kier molecular flexibility index (Phi) is 17.7. The van der Waals surface area contributed by atoms with Gasteiger partial charge in [0.05, 0.1) is 37.5 Å². The van der Waals surface area contributed by atoms with Gasteiger partial charge in [-0.05, 0) is 64.6 Å². The van der Waals surface area contributed by atoms with Gasteiger partial charge in [-0.25, -0.2) is 0 Å². The van der Waals surface area contributed by atoms with Gasteiger partial charge >= 0.3 is 0 Å². The molecule has 4 aromatic rings. The summed E-state index contributed by atoms with van der Waals surface area (Å²) >= 11 is 0. The van der Waals surface area contributed by atoms with Gasteiger partial charge < -0.3 is 42.0 Å². The van der Waals surface area contributed by atoms with Crippen molar-refractivity contribution in [1.29, 1.82) is 5.26 Å². The van der Waals surface area contributed by atoms with Gasteiger partial charge in [0, 0.05) is 57.8 Å². The minimum Gasteiger partial charge on any atom is -0.378 e. The topological polar surface area (TPSA) is 225 Å². The van der Waals surface area contributed by atoms with E-state index in [-0.39, 0.29) is 58.0 Å². The first-order valence-electron chi connectivity index (χ1n) is 22.4. The molecule has 3 atom stereocenters. The van der Waals surface area contributed by atoms with Crippen LogP contribution in [0.4, 0.5) is 0 Å². The summed E-state index contributed by atoms with van der Waals surface area (Å²) in [6.45, 7) is 1.53. The third kappa shape index (κ3) is 13.9. The Morgan fingerprint density at radius 1 is 0.818 bits per heavy atom. The lowest BCUT2D eigenvalue weighted by molar-refractivity contribution is -0.141. The van der Waals surface area contributed by atoms with E-state index in [1.54, 1.807) is 29.2 Å². The van der Waals surface area contributed by atoms with Crippen LogP contribution in [0.2, 0.25) is 0 Å². The molecule has 1 fully saturated rings. The number of ether oxygens (including phenoxy) is 1. The Hall–Kier alpha value is -7.15. The van der Waals surface area contributed by atoms with Crippen molar-refractivity contribution in [2.24, 2.45) is 11.1 Å². The predicted octanol–water partition coefficient (Wildman–Crippen LogP) is 2.81. The maximum atomic E-state index is 14.9. The Labute approximate surface area is 385 Å². The molecular weight excluding hydrogens is 837 g/mol. The van der Waals surface area contributed by atoms with Crippen LogP contribution in [-0.4, -0.2) is 98.4 Å². The number of nitrogens with one attached hydrogen (secondary N) is 5. The number of hydrogen-bond acceptors (Lipinski definition) is 9. The molecular formula is C51H58N8O7. The molecule has 15 heteroatoms. The molecule has 2 heterocycles. The van der Waals surface area contributed by atoms with E-state index < -0.39 is 47.0 Å². The second-order valence-electron chi connectivity index (χ2n) is 16.7. The molecule has 0 saturated carbocycles. The number of rotatable bonds is 12. The fourth-order valence-corrected chi connectivity index (χ4v) is 8.31. The molecule has 7 N–H and O–H groups in total. The molecule has 344 valence electrons. The summed E-state index contributed by atoms with van der Waals surface area (Å²) in [6, 6.07) is 32.3. The first kappa shape index (κ1) is 48.3. The minimum atomic E-state index is -1.12. The largest absolute Gasteiger partial charge is 0.378 e. The molecule has 6 rings (SSSR count). The van der Waals surface area contributed by atoms with Gasteiger partial charge in [0.25, 0.3) is 0 Å². The molecule has 66 heavy (non-hydrogen) atoms. The summed E-state index contributed by atoms with van der Waals surface area (Å²) in [6.07, 6.45) is 3.95. The first-order chi connectivity index (χ1) is 32.1. The average Bonchev–Trinajstić information content (AvgIpc) is 3.33. The maximum absolute atomic E-state index is 14.9. The zero-order valence-electron chi connectivity index (χ0n) is 37.1. The second-order valence-corrected chi connectivity index (χ2v) is 16.7. The van der Waals surface area contributed by atoms with Crippen LogP contribution < -0.4 is 32.3 Å². The number of nitrogens with zero attached hydrogens (tertiary/aromatic N) is 2. The van der Waals surface area contributed by atoms with Crippen molar-refractivity contribution in [2.45, 2.75) is 63.6 Å². The summed E-state index contributed by atoms with van der Waals surface area (Å²) in [4.78, 5) is 84.5. The summed E-state index contributed by atoms with van der Waals surface area (Å²) in [7, 11) is 0. The van der Waals surface area contributed by atoms with Crippen LogP contribution >= 0.6 is 0 Å². The van der Waals surface area contributed by atoms with Crippen molar-refractivity contribution >= 4 is 35.4 Å². The highest BCUT2D eigenvalue weighted by molar-refractivity contribution is 5.97. The Morgan fingerprint density at radius 2 is 1.52 bits per heavy atom. The van der Waals surface area contributed by atoms with E-state index in [4.69, 9.17) is 15.7 Å². The minimum absolute atomic E-state index is 0.00934. The maximum Gasteiger partial charge on any atom is 0.246 e. The van der Waals surface area contributed by atoms with E-state index >= 15 is 0 Å². The first-order valence-corrected chi connectivity index (χ1v) is 22.4. The molecule has 0 radical (unpaired) electrons. The highest BCUT2D eigenvalue weighted by Gasteiger charge is 2.44. The SMILES string of the molecule is N#CCc1ccc(-c2ccc(C[C@@H]3NC(=O)[C@]4(Cc5ccccc5)CCCN(C4)C(=O)/C=C/C(=O)NCC[C@@H](C(=O)NCCOCCN)NC(=O)Cc4ccccc4CNC3=O)cc2)cc1. The van der Waals surface area contributed by atoms with Gasteiger partial charge in [-0.15, -0.1) is 0 Å². The van der Waals surface area contributed by atoms with E-state index in [2.05, 4.69) is 32.7 Å². The summed E-state index contributed by atoms with van der Waals surface area (Å²) < 4.78 is 5.37. The molecule has 0 aromatic heterocycles. The Bertz CT molecular complexity index is 2380. The van der Waals surface area contributed by atoms with Crippen molar-refractivity contribution in [1.82, 2.24) is 31.5 Å². The molecule has 6 amide bonds. The van der Waals surface area contributed by atoms with E-state index in [0.717, 1.165) is 33.9 Å². The molecule has 0 aliphatic carbocycles. The van der Waals surface area contributed by atoms with Gasteiger partial charge in [-0.3, -0.25) is 28.8 Å². The van der Waals surface area contributed by atoms with Crippen molar-refractivity contribution in [3.05, 3.63) is 143 Å². The lowest BCUT2D eigenvalue weighted by atomic mass is 9.74. The number of nitriles is 1. The van der Waals surface area contributed by atoms with Crippen LogP contribution in [0, 0.1) is 16.7 Å². The number of nitrogens with two attached hydrogens (primary N) is 1. The lowest BCUT2D eigenvalue weighted by Gasteiger charge is -2.42. The van der Waals surface area contributed by atoms with Crippen molar-refractivity contribution in [3.63, 3.8) is 0 Å². The Morgan fingerprint density at radius 3 is 2.23 bits per heavy atom. The molecule has 0 spiro atoms. The number of benzene rings is 4. The van der Waals surface area contributed by atoms with Crippen LogP contribution in [0.25, 0.3) is 11.1 Å². The number of carbonyl (C=O) groups excluding carboxylic acids is 6. The molecule has 2 aliphatic rings. The molecule has 1 saturated heterocycles. The zero-order valence-corrected chi connectivity index (χ0v) is 37.1. The lowest BCUT2D eigenvalue weighted by Crippen LogP contribution is -2.58. The van der Waals surface area contributed by atoms with Gasteiger partial charge in [-0.1, -0.05) is 103 Å². The third-order valence-corrected chi connectivity index (χ3v) is 11.8. The zero-order chi connectivity index (χ0) is 46.7. The van der Waals surface area contributed by atoms with Crippen molar-refractivity contribution < 1.29 is 33.5 Å². The molecule has 2 aliphatic heterocycles. The van der Waals surface area contributed by atoms with E-state index in [9.17, 15) is 28.8 Å². The summed E-state index contributed by atoms with van der Waals surface area (Å²) in [5.74, 6) is -2.76. The van der Waals surface area contributed by atoms with Gasteiger partial charge in [0.1, 0.15) is 12.1 Å². The normalized spacial score (nSPS) is 20.4. The van der Waals surface area contributed by atoms with Crippen LogP contribution in [0.5, 0.6) is 0 Å². The van der Waals surface area contributed by atoms with Crippen LogP contribution in [0.15, 0.2) is 115 Å². The number of amides is 6. The van der Waals surface area contributed by atoms with Crippen molar-refractivity contribution in [3.8, 4) is 17.2 Å². The summed E-state index contributed by atoms with van der Waals surface area (Å²) in [5.41, 5.74) is 10.2. The van der Waals surface area contributed by atoms with E-state index in [1.165, 1.54) is 6.08 Å². The standard InChI is InChI=1S/C51H58N8O7/c52-24-21-36-11-15-39(16-12-36)40-17-13-37(14-18-40)31-44-49(64)56-34-42-10-5-4-9-41(42)32-46(61)57-43(48(63)55-27-30-66-29-25-53)22-26-54-45(60)19-20-47(62)59-28-6-23-51(35-59,50(65)58-44)33-38-7-2-1-3-8-38/h1-5,7-20,43-44H,6,21-23,25-35,53H2,(H,54,60)(H,55,63)(H,56,64)(H,57,61)(H,58,65)/b20-19+/t43-,44-,51-/m0/s1. The fraction of sp³-hybridized carbons (Fsp3) is 0.353. The Balaban J connectivity index is 1.30. The molecule has 2 bridgehead atoms. The number of fused-ring (bicyclic) bond motifs is 3. The third-order valence-electron chi connectivity index (χ3n) is 11.8. The number of piperidine rings is 1. The van der Waals surface area contributed by atoms with Crippen LogP contribution in [0.3, 0.4) is 0 Å². The van der Waals surface area contributed by atoms with Gasteiger partial charge in [-0.2, -0.15) is 5.26 Å². The highest BCUT2D eigenvalue weighted by Crippen LogP contribution is 2.35. The second kappa shape index (κ2) is 24.2. The van der Waals surface area contributed by atoms with Crippen molar-refractivity contribution in [2.75, 3.05) is 45.9 Å². The number of hydrogen-bond donors (Lipinski definition) is 6. The smallest absolute Gasteiger partial charge is 0.246 e. The molecule has 4 aromatic carbocycles. The van der Waals surface area contributed by atoms with E-state index in [1.807, 2.05) is 78.9 Å². The molecule has 15 nitrogen and oxygen atoms in total. The van der Waals surface area contributed by atoms with Gasteiger partial charge in [0.2, 0.25) is 35.4 Å².